The molecule has 0 spiro atoms. The first kappa shape index (κ1) is 15.0. The molecule has 2 aromatic carbocycles. The second kappa shape index (κ2) is 6.36. The summed E-state index contributed by atoms with van der Waals surface area (Å²) in [6.07, 6.45) is 0. The first-order valence-corrected chi connectivity index (χ1v) is 7.00. The molecular formula is C14H8BrCl2NO2. The minimum absolute atomic E-state index is 0.354. The van der Waals surface area contributed by atoms with E-state index in [1.165, 1.54) is 7.11 Å². The Labute approximate surface area is 134 Å². The summed E-state index contributed by atoms with van der Waals surface area (Å²) in [6.45, 7) is 0. The Bertz CT molecular complexity index is 698. The summed E-state index contributed by atoms with van der Waals surface area (Å²) in [5.74, 6) is 1.30. The maximum Gasteiger partial charge on any atom is 0.148 e. The van der Waals surface area contributed by atoms with Crippen LogP contribution in [0.15, 0.2) is 34.8 Å². The van der Waals surface area contributed by atoms with Crippen LogP contribution in [0.25, 0.3) is 0 Å². The van der Waals surface area contributed by atoms with E-state index in [1.807, 2.05) is 6.07 Å². The molecule has 0 atom stereocenters. The van der Waals surface area contributed by atoms with Crippen LogP contribution >= 0.6 is 39.1 Å². The topological polar surface area (TPSA) is 42.2 Å². The molecule has 0 saturated heterocycles. The number of benzene rings is 2. The van der Waals surface area contributed by atoms with Crippen molar-refractivity contribution in [1.29, 1.82) is 5.26 Å². The highest BCUT2D eigenvalue weighted by Crippen LogP contribution is 2.38. The molecule has 0 aromatic heterocycles. The summed E-state index contributed by atoms with van der Waals surface area (Å²) in [5, 5.41) is 9.94. The maximum absolute atomic E-state index is 9.09. The fraction of sp³-hybridized carbons (Fsp3) is 0.0714. The summed E-state index contributed by atoms with van der Waals surface area (Å²) in [4.78, 5) is 0. The molecule has 0 radical (unpaired) electrons. The van der Waals surface area contributed by atoms with Gasteiger partial charge in [0.15, 0.2) is 0 Å². The first-order valence-electron chi connectivity index (χ1n) is 5.45. The third kappa shape index (κ3) is 3.18. The highest BCUT2D eigenvalue weighted by molar-refractivity contribution is 9.10. The number of hydrogen-bond donors (Lipinski definition) is 0. The van der Waals surface area contributed by atoms with Gasteiger partial charge in [0.25, 0.3) is 0 Å². The second-order valence-electron chi connectivity index (χ2n) is 3.77. The molecule has 0 saturated carbocycles. The zero-order chi connectivity index (χ0) is 14.7. The van der Waals surface area contributed by atoms with Crippen molar-refractivity contribution < 1.29 is 9.47 Å². The van der Waals surface area contributed by atoms with E-state index < -0.39 is 0 Å². The van der Waals surface area contributed by atoms with Crippen molar-refractivity contribution in [3.63, 3.8) is 0 Å². The molecule has 3 nitrogen and oxygen atoms in total. The number of hydrogen-bond acceptors (Lipinski definition) is 3. The Balaban J connectivity index is 2.44. The smallest absolute Gasteiger partial charge is 0.148 e. The van der Waals surface area contributed by atoms with Crippen LogP contribution in [0.5, 0.6) is 17.2 Å². The van der Waals surface area contributed by atoms with Gasteiger partial charge in [-0.2, -0.15) is 5.26 Å². The first-order chi connectivity index (χ1) is 9.55. The van der Waals surface area contributed by atoms with Crippen LogP contribution in [0.1, 0.15) is 5.56 Å². The number of halogens is 3. The Morgan fingerprint density at radius 2 is 1.85 bits per heavy atom. The SMILES string of the molecule is COc1ccc(C#N)c(Oc2cc(Cl)c(Br)cc2Cl)c1. The van der Waals surface area contributed by atoms with Crippen molar-refractivity contribution in [2.45, 2.75) is 0 Å². The highest BCUT2D eigenvalue weighted by Gasteiger charge is 2.11. The zero-order valence-corrected chi connectivity index (χ0v) is 13.4. The number of rotatable bonds is 3. The Kier molecular flexibility index (Phi) is 4.77. The number of nitriles is 1. The number of methoxy groups -OCH3 is 1. The molecule has 0 fully saturated rings. The molecule has 0 unspecified atom stereocenters. The molecule has 0 aliphatic carbocycles. The predicted octanol–water partition coefficient (Wildman–Crippen LogP) is 5.43. The molecule has 0 aliphatic heterocycles. The molecular weight excluding hydrogens is 365 g/mol. The van der Waals surface area contributed by atoms with E-state index in [0.29, 0.717) is 37.3 Å². The van der Waals surface area contributed by atoms with Gasteiger partial charge in [0.2, 0.25) is 0 Å². The van der Waals surface area contributed by atoms with Crippen LogP contribution in [-0.4, -0.2) is 7.11 Å². The van der Waals surface area contributed by atoms with Gasteiger partial charge in [-0.3, -0.25) is 0 Å². The minimum atomic E-state index is 0.354. The van der Waals surface area contributed by atoms with Gasteiger partial charge in [-0.05, 0) is 34.1 Å². The lowest BCUT2D eigenvalue weighted by atomic mass is 10.2. The van der Waals surface area contributed by atoms with Crippen LogP contribution in [-0.2, 0) is 0 Å². The van der Waals surface area contributed by atoms with Gasteiger partial charge in [0.05, 0.1) is 22.7 Å². The van der Waals surface area contributed by atoms with Crippen LogP contribution in [0.4, 0.5) is 0 Å². The van der Waals surface area contributed by atoms with Gasteiger partial charge in [-0.25, -0.2) is 0 Å². The van der Waals surface area contributed by atoms with E-state index in [1.54, 1.807) is 30.3 Å². The van der Waals surface area contributed by atoms with Crippen LogP contribution < -0.4 is 9.47 Å². The van der Waals surface area contributed by atoms with E-state index in [-0.39, 0.29) is 0 Å². The fourth-order valence-corrected chi connectivity index (χ4v) is 2.34. The Morgan fingerprint density at radius 1 is 1.10 bits per heavy atom. The average Bonchev–Trinajstić information content (AvgIpc) is 2.44. The molecule has 6 heteroatoms. The molecule has 102 valence electrons. The lowest BCUT2D eigenvalue weighted by Crippen LogP contribution is -1.91. The van der Waals surface area contributed by atoms with Crippen LogP contribution in [0.2, 0.25) is 10.0 Å². The molecule has 0 N–H and O–H groups in total. The summed E-state index contributed by atoms with van der Waals surface area (Å²) >= 11 is 15.4. The summed E-state index contributed by atoms with van der Waals surface area (Å²) in [5.41, 5.74) is 0.376. The summed E-state index contributed by atoms with van der Waals surface area (Å²) in [6, 6.07) is 10.2. The second-order valence-corrected chi connectivity index (χ2v) is 5.44. The van der Waals surface area contributed by atoms with Crippen molar-refractivity contribution in [3.8, 4) is 23.3 Å². The minimum Gasteiger partial charge on any atom is -0.497 e. The monoisotopic (exact) mass is 371 g/mol. The van der Waals surface area contributed by atoms with Crippen molar-refractivity contribution >= 4 is 39.1 Å². The quantitative estimate of drug-likeness (QED) is 0.674. The largest absolute Gasteiger partial charge is 0.497 e. The zero-order valence-electron chi connectivity index (χ0n) is 10.3. The van der Waals surface area contributed by atoms with E-state index in [4.69, 9.17) is 37.9 Å². The molecule has 2 rings (SSSR count). The highest BCUT2D eigenvalue weighted by atomic mass is 79.9. The Morgan fingerprint density at radius 3 is 2.50 bits per heavy atom. The molecule has 20 heavy (non-hydrogen) atoms. The molecule has 0 bridgehead atoms. The third-order valence-corrected chi connectivity index (χ3v) is 4.00. The van der Waals surface area contributed by atoms with Gasteiger partial charge in [-0.15, -0.1) is 0 Å². The molecule has 2 aromatic rings. The van der Waals surface area contributed by atoms with Gasteiger partial charge >= 0.3 is 0 Å². The van der Waals surface area contributed by atoms with Crippen molar-refractivity contribution in [2.75, 3.05) is 7.11 Å². The van der Waals surface area contributed by atoms with Crippen molar-refractivity contribution in [3.05, 3.63) is 50.4 Å². The standard InChI is InChI=1S/C14H8BrCl2NO2/c1-19-9-3-2-8(7-18)13(4-9)20-14-6-11(16)10(15)5-12(14)17/h2-6H,1H3. The van der Waals surface area contributed by atoms with E-state index in [2.05, 4.69) is 15.9 Å². The van der Waals surface area contributed by atoms with Crippen LogP contribution in [0, 0.1) is 11.3 Å². The summed E-state index contributed by atoms with van der Waals surface area (Å²) in [7, 11) is 1.54. The van der Waals surface area contributed by atoms with Gasteiger partial charge in [-0.1, -0.05) is 23.2 Å². The predicted molar refractivity (Wildman–Crippen MR) is 81.9 cm³/mol. The lowest BCUT2D eigenvalue weighted by molar-refractivity contribution is 0.409. The third-order valence-electron chi connectivity index (χ3n) is 2.50. The number of nitrogens with zero attached hydrogens (tertiary/aromatic N) is 1. The van der Waals surface area contributed by atoms with E-state index >= 15 is 0 Å². The van der Waals surface area contributed by atoms with Gasteiger partial charge in [0.1, 0.15) is 23.3 Å². The van der Waals surface area contributed by atoms with Crippen molar-refractivity contribution in [2.24, 2.45) is 0 Å². The summed E-state index contributed by atoms with van der Waals surface area (Å²) < 4.78 is 11.4. The normalized spacial score (nSPS) is 9.95. The van der Waals surface area contributed by atoms with Gasteiger partial charge < -0.3 is 9.47 Å². The van der Waals surface area contributed by atoms with Crippen molar-refractivity contribution in [1.82, 2.24) is 0 Å². The Hall–Kier alpha value is -1.41. The number of ether oxygens (including phenoxy) is 2. The van der Waals surface area contributed by atoms with Gasteiger partial charge in [0, 0.05) is 16.6 Å². The lowest BCUT2D eigenvalue weighted by Gasteiger charge is -2.11. The average molecular weight is 373 g/mol. The fourth-order valence-electron chi connectivity index (χ4n) is 1.51. The van der Waals surface area contributed by atoms with E-state index in [0.717, 1.165) is 0 Å². The molecule has 0 amide bonds. The maximum atomic E-state index is 9.09. The molecule has 0 aliphatic rings. The van der Waals surface area contributed by atoms with Crippen LogP contribution in [0.3, 0.4) is 0 Å². The van der Waals surface area contributed by atoms with E-state index in [9.17, 15) is 0 Å². The molecule has 0 heterocycles.